The maximum Gasteiger partial charge on any atom is 0.214 e. The minimum atomic E-state index is -0.327. The van der Waals surface area contributed by atoms with Crippen molar-refractivity contribution in [2.24, 2.45) is 0 Å². The first kappa shape index (κ1) is 19.7. The number of phenols is 2. The van der Waals surface area contributed by atoms with Crippen LogP contribution in [0.2, 0.25) is 0 Å². The lowest BCUT2D eigenvalue weighted by Crippen LogP contribution is -2.05. The summed E-state index contributed by atoms with van der Waals surface area (Å²) in [4.78, 5) is 12.4. The van der Waals surface area contributed by atoms with Gasteiger partial charge < -0.3 is 10.2 Å². The second-order valence-electron chi connectivity index (χ2n) is 5.79. The van der Waals surface area contributed by atoms with Crippen LogP contribution in [0.4, 0.5) is 0 Å². The molecule has 0 atom stereocenters. The highest BCUT2D eigenvalue weighted by Crippen LogP contribution is 2.28. The fourth-order valence-corrected chi connectivity index (χ4v) is 3.50. The first-order chi connectivity index (χ1) is 13.1. The lowest BCUT2D eigenvalue weighted by atomic mass is 10.1. The molecule has 0 aliphatic heterocycles. The molecule has 0 fully saturated rings. The smallest absolute Gasteiger partial charge is 0.214 e. The third kappa shape index (κ3) is 3.78. The molecule has 0 saturated carbocycles. The van der Waals surface area contributed by atoms with Crippen LogP contribution in [0, 0.1) is 0 Å². The Balaban J connectivity index is 0.00000225. The van der Waals surface area contributed by atoms with E-state index in [1.165, 1.54) is 30.0 Å². The van der Waals surface area contributed by atoms with Gasteiger partial charge in [-0.2, -0.15) is 4.68 Å². The molecule has 4 aromatic rings. The van der Waals surface area contributed by atoms with E-state index < -0.39 is 0 Å². The number of Topliss-reactive ketones (excluding diaryl/α,β-unsaturated/α-hetero) is 1. The largest absolute Gasteiger partial charge is 0.504 e. The second kappa shape index (κ2) is 8.28. The highest BCUT2D eigenvalue weighted by atomic mass is 35.5. The summed E-state index contributed by atoms with van der Waals surface area (Å²) in [5, 5.41) is 33.3. The van der Waals surface area contributed by atoms with Gasteiger partial charge in [0.15, 0.2) is 17.3 Å². The molecule has 0 bridgehead atoms. The standard InChI is InChI=1S/C19H14N4O3S.ClH/c24-16-9-8-13(10-17(16)25)18(26)11-27-19-20-21-22-23(19)15-7-3-5-12-4-1-2-6-14(12)15;/h1-10,24-25H,11H2;1H. The number of phenolic OH excluding ortho intramolecular Hbond substituents is 2. The van der Waals surface area contributed by atoms with Crippen LogP contribution in [-0.4, -0.2) is 42.0 Å². The molecule has 0 unspecified atom stereocenters. The normalized spacial score (nSPS) is 10.6. The molecule has 2 N–H and O–H groups in total. The lowest BCUT2D eigenvalue weighted by Gasteiger charge is -2.08. The number of hydrogen-bond acceptors (Lipinski definition) is 7. The van der Waals surface area contributed by atoms with E-state index in [1.54, 1.807) is 4.68 Å². The van der Waals surface area contributed by atoms with Gasteiger partial charge in [0, 0.05) is 10.9 Å². The van der Waals surface area contributed by atoms with Gasteiger partial charge in [0.1, 0.15) is 0 Å². The number of aromatic hydroxyl groups is 2. The molecule has 3 aromatic carbocycles. The van der Waals surface area contributed by atoms with Crippen LogP contribution in [0.25, 0.3) is 16.5 Å². The number of carbonyl (C=O) groups excluding carboxylic acids is 1. The molecule has 0 aliphatic carbocycles. The van der Waals surface area contributed by atoms with Gasteiger partial charge in [0.05, 0.1) is 11.4 Å². The predicted molar refractivity (Wildman–Crippen MR) is 109 cm³/mol. The average molecular weight is 415 g/mol. The fraction of sp³-hybridized carbons (Fsp3) is 0.0526. The Morgan fingerprint density at radius 2 is 1.79 bits per heavy atom. The highest BCUT2D eigenvalue weighted by Gasteiger charge is 2.15. The Morgan fingerprint density at radius 1 is 1.00 bits per heavy atom. The molecular formula is C19H15ClN4O3S. The van der Waals surface area contributed by atoms with Gasteiger partial charge in [-0.15, -0.1) is 17.5 Å². The van der Waals surface area contributed by atoms with Crippen molar-refractivity contribution in [3.8, 4) is 17.2 Å². The number of aromatic nitrogens is 4. The molecular weight excluding hydrogens is 400 g/mol. The van der Waals surface area contributed by atoms with E-state index in [4.69, 9.17) is 0 Å². The first-order valence-electron chi connectivity index (χ1n) is 8.08. The van der Waals surface area contributed by atoms with E-state index in [9.17, 15) is 15.0 Å². The molecule has 1 aromatic heterocycles. The zero-order valence-corrected chi connectivity index (χ0v) is 16.0. The predicted octanol–water partition coefficient (Wildman–Crippen LogP) is 3.62. The Bertz CT molecular complexity index is 1140. The number of tetrazole rings is 1. The van der Waals surface area contributed by atoms with Crippen molar-refractivity contribution in [1.29, 1.82) is 0 Å². The Kier molecular flexibility index (Phi) is 5.81. The SMILES string of the molecule is Cl.O=C(CSc1nnnn1-c1cccc2ccccc12)c1ccc(O)c(O)c1. The number of ketones is 1. The van der Waals surface area contributed by atoms with Crippen molar-refractivity contribution in [2.75, 3.05) is 5.75 Å². The van der Waals surface area contributed by atoms with Crippen molar-refractivity contribution >= 4 is 40.7 Å². The average Bonchev–Trinajstić information content (AvgIpc) is 3.16. The molecule has 0 radical (unpaired) electrons. The van der Waals surface area contributed by atoms with E-state index in [-0.39, 0.29) is 35.4 Å². The minimum absolute atomic E-state index is 0. The molecule has 142 valence electrons. The van der Waals surface area contributed by atoms with Crippen molar-refractivity contribution in [3.05, 3.63) is 66.2 Å². The van der Waals surface area contributed by atoms with E-state index in [0.29, 0.717) is 10.7 Å². The van der Waals surface area contributed by atoms with Crippen molar-refractivity contribution < 1.29 is 15.0 Å². The monoisotopic (exact) mass is 414 g/mol. The van der Waals surface area contributed by atoms with E-state index in [2.05, 4.69) is 15.5 Å². The second-order valence-corrected chi connectivity index (χ2v) is 6.73. The van der Waals surface area contributed by atoms with Crippen LogP contribution < -0.4 is 0 Å². The molecule has 4 rings (SSSR count). The van der Waals surface area contributed by atoms with Gasteiger partial charge in [0.2, 0.25) is 5.16 Å². The Labute approximate surface area is 170 Å². The van der Waals surface area contributed by atoms with Gasteiger partial charge in [-0.3, -0.25) is 4.79 Å². The summed E-state index contributed by atoms with van der Waals surface area (Å²) in [6.07, 6.45) is 0. The quantitative estimate of drug-likeness (QED) is 0.292. The highest BCUT2D eigenvalue weighted by molar-refractivity contribution is 7.99. The summed E-state index contributed by atoms with van der Waals surface area (Å²) in [6.45, 7) is 0. The van der Waals surface area contributed by atoms with Crippen LogP contribution in [-0.2, 0) is 0 Å². The number of hydrogen-bond donors (Lipinski definition) is 2. The summed E-state index contributed by atoms with van der Waals surface area (Å²) in [6, 6.07) is 17.8. The molecule has 7 nitrogen and oxygen atoms in total. The zero-order chi connectivity index (χ0) is 18.8. The van der Waals surface area contributed by atoms with E-state index in [1.807, 2.05) is 42.5 Å². The number of fused-ring (bicyclic) bond motifs is 1. The van der Waals surface area contributed by atoms with Gasteiger partial charge in [-0.25, -0.2) is 0 Å². The van der Waals surface area contributed by atoms with Crippen molar-refractivity contribution in [3.63, 3.8) is 0 Å². The van der Waals surface area contributed by atoms with Crippen molar-refractivity contribution in [1.82, 2.24) is 20.2 Å². The molecule has 0 saturated heterocycles. The maximum absolute atomic E-state index is 12.4. The van der Waals surface area contributed by atoms with Crippen LogP contribution in [0.5, 0.6) is 11.5 Å². The zero-order valence-electron chi connectivity index (χ0n) is 14.4. The Hall–Kier alpha value is -3.10. The molecule has 1 heterocycles. The summed E-state index contributed by atoms with van der Waals surface area (Å²) in [5.41, 5.74) is 1.14. The summed E-state index contributed by atoms with van der Waals surface area (Å²) in [7, 11) is 0. The molecule has 28 heavy (non-hydrogen) atoms. The molecule has 0 spiro atoms. The number of nitrogens with zero attached hydrogens (tertiary/aromatic N) is 4. The van der Waals surface area contributed by atoms with Gasteiger partial charge >= 0.3 is 0 Å². The lowest BCUT2D eigenvalue weighted by molar-refractivity contribution is 0.102. The first-order valence-corrected chi connectivity index (χ1v) is 9.06. The Morgan fingerprint density at radius 3 is 2.61 bits per heavy atom. The number of halogens is 1. The number of rotatable bonds is 5. The van der Waals surface area contributed by atoms with Gasteiger partial charge in [-0.05, 0) is 40.1 Å². The van der Waals surface area contributed by atoms with Gasteiger partial charge in [0.25, 0.3) is 0 Å². The molecule has 0 amide bonds. The number of benzene rings is 3. The van der Waals surface area contributed by atoms with Crippen LogP contribution in [0.15, 0.2) is 65.8 Å². The number of thioether (sulfide) groups is 1. The van der Waals surface area contributed by atoms with Gasteiger partial charge in [-0.1, -0.05) is 48.2 Å². The topological polar surface area (TPSA) is 101 Å². The fourth-order valence-electron chi connectivity index (χ4n) is 2.72. The van der Waals surface area contributed by atoms with E-state index in [0.717, 1.165) is 16.5 Å². The van der Waals surface area contributed by atoms with Crippen molar-refractivity contribution in [2.45, 2.75) is 5.16 Å². The number of carbonyl (C=O) groups is 1. The van der Waals surface area contributed by atoms with Crippen LogP contribution in [0.3, 0.4) is 0 Å². The van der Waals surface area contributed by atoms with Crippen LogP contribution in [0.1, 0.15) is 10.4 Å². The third-order valence-electron chi connectivity index (χ3n) is 4.07. The summed E-state index contributed by atoms with van der Waals surface area (Å²) >= 11 is 1.20. The summed E-state index contributed by atoms with van der Waals surface area (Å²) in [5.74, 6) is -0.705. The third-order valence-corrected chi connectivity index (χ3v) is 4.98. The minimum Gasteiger partial charge on any atom is -0.504 e. The molecule has 9 heteroatoms. The summed E-state index contributed by atoms with van der Waals surface area (Å²) < 4.78 is 1.61. The van der Waals surface area contributed by atoms with E-state index >= 15 is 0 Å². The molecule has 0 aliphatic rings. The maximum atomic E-state index is 12.4. The van der Waals surface area contributed by atoms with Crippen LogP contribution >= 0.6 is 24.2 Å².